The van der Waals surface area contributed by atoms with Gasteiger partial charge in [-0.1, -0.05) is 0 Å². The number of aliphatic hydroxyl groups is 1. The average Bonchev–Trinajstić information content (AvgIpc) is 2.47. The smallest absolute Gasteiger partial charge is 0.174 e. The molecule has 0 saturated heterocycles. The van der Waals surface area contributed by atoms with Crippen molar-refractivity contribution in [3.8, 4) is 11.8 Å². The molecule has 0 spiro atoms. The SMILES string of the molecule is CC#CCC(O)c1ccoc1Br. The molecule has 3 heteroatoms. The molecule has 0 saturated carbocycles. The fourth-order valence-corrected chi connectivity index (χ4v) is 1.36. The predicted molar refractivity (Wildman–Crippen MR) is 49.4 cm³/mol. The van der Waals surface area contributed by atoms with Crippen molar-refractivity contribution in [3.63, 3.8) is 0 Å². The van der Waals surface area contributed by atoms with Gasteiger partial charge in [-0.2, -0.15) is 0 Å². The van der Waals surface area contributed by atoms with Gasteiger partial charge in [-0.3, -0.25) is 0 Å². The van der Waals surface area contributed by atoms with E-state index in [2.05, 4.69) is 27.8 Å². The van der Waals surface area contributed by atoms with E-state index in [1.807, 2.05) is 0 Å². The van der Waals surface area contributed by atoms with E-state index in [0.717, 1.165) is 5.56 Å². The molecule has 0 aliphatic carbocycles. The highest BCUT2D eigenvalue weighted by atomic mass is 79.9. The molecule has 1 aromatic heterocycles. The van der Waals surface area contributed by atoms with Crippen LogP contribution in [0.3, 0.4) is 0 Å². The van der Waals surface area contributed by atoms with Crippen LogP contribution in [-0.4, -0.2) is 5.11 Å². The third-order valence-corrected chi connectivity index (χ3v) is 2.12. The fraction of sp³-hybridized carbons (Fsp3) is 0.333. The summed E-state index contributed by atoms with van der Waals surface area (Å²) in [6, 6.07) is 1.73. The predicted octanol–water partition coefficient (Wildman–Crippen LogP) is 2.49. The van der Waals surface area contributed by atoms with Crippen LogP contribution >= 0.6 is 15.9 Å². The molecule has 1 N–H and O–H groups in total. The van der Waals surface area contributed by atoms with Crippen LogP contribution in [0.5, 0.6) is 0 Å². The zero-order valence-electron chi connectivity index (χ0n) is 6.67. The molecule has 0 amide bonds. The number of halogens is 1. The third kappa shape index (κ3) is 2.13. The van der Waals surface area contributed by atoms with Crippen molar-refractivity contribution in [3.05, 3.63) is 22.6 Å². The van der Waals surface area contributed by atoms with Crippen LogP contribution in [0.2, 0.25) is 0 Å². The van der Waals surface area contributed by atoms with Gasteiger partial charge in [0, 0.05) is 12.0 Å². The second-order valence-corrected chi connectivity index (χ2v) is 3.02. The summed E-state index contributed by atoms with van der Waals surface area (Å²) >= 11 is 3.18. The maximum atomic E-state index is 9.53. The molecule has 12 heavy (non-hydrogen) atoms. The van der Waals surface area contributed by atoms with Crippen molar-refractivity contribution < 1.29 is 9.52 Å². The van der Waals surface area contributed by atoms with E-state index in [4.69, 9.17) is 4.42 Å². The van der Waals surface area contributed by atoms with Crippen molar-refractivity contribution in [1.82, 2.24) is 0 Å². The van der Waals surface area contributed by atoms with Crippen LogP contribution in [0, 0.1) is 11.8 Å². The summed E-state index contributed by atoms with van der Waals surface area (Å²) in [5.41, 5.74) is 0.748. The summed E-state index contributed by atoms with van der Waals surface area (Å²) in [5, 5.41) is 9.53. The Kier molecular flexibility index (Phi) is 3.39. The summed E-state index contributed by atoms with van der Waals surface area (Å²) in [6.45, 7) is 1.75. The Morgan fingerprint density at radius 2 is 2.50 bits per heavy atom. The molecular formula is C9H9BrO2. The Morgan fingerprint density at radius 1 is 1.75 bits per heavy atom. The topological polar surface area (TPSA) is 33.4 Å². The molecule has 0 fully saturated rings. The average molecular weight is 229 g/mol. The minimum Gasteiger partial charge on any atom is -0.457 e. The van der Waals surface area contributed by atoms with Gasteiger partial charge in [0.05, 0.1) is 12.4 Å². The molecule has 0 radical (unpaired) electrons. The van der Waals surface area contributed by atoms with E-state index in [9.17, 15) is 5.11 Å². The van der Waals surface area contributed by atoms with Crippen molar-refractivity contribution in [2.75, 3.05) is 0 Å². The maximum Gasteiger partial charge on any atom is 0.174 e. The van der Waals surface area contributed by atoms with Crippen LogP contribution < -0.4 is 0 Å². The van der Waals surface area contributed by atoms with Crippen molar-refractivity contribution in [2.45, 2.75) is 19.4 Å². The minimum atomic E-state index is -0.564. The highest BCUT2D eigenvalue weighted by molar-refractivity contribution is 9.10. The van der Waals surface area contributed by atoms with Crippen molar-refractivity contribution in [2.24, 2.45) is 0 Å². The van der Waals surface area contributed by atoms with Gasteiger partial charge >= 0.3 is 0 Å². The number of hydrogen-bond donors (Lipinski definition) is 1. The first-order valence-corrected chi connectivity index (χ1v) is 4.35. The lowest BCUT2D eigenvalue weighted by Gasteiger charge is -2.02. The van der Waals surface area contributed by atoms with Crippen molar-refractivity contribution in [1.29, 1.82) is 0 Å². The summed E-state index contributed by atoms with van der Waals surface area (Å²) in [5.74, 6) is 5.53. The molecule has 0 aromatic carbocycles. The standard InChI is InChI=1S/C9H9BrO2/c1-2-3-4-8(11)7-5-6-12-9(7)10/h5-6,8,11H,4H2,1H3. The first kappa shape index (κ1) is 9.37. The fourth-order valence-electron chi connectivity index (χ4n) is 0.851. The molecule has 1 rings (SSSR count). The molecule has 2 nitrogen and oxygen atoms in total. The molecule has 1 heterocycles. The lowest BCUT2D eigenvalue weighted by molar-refractivity contribution is 0.182. The number of aliphatic hydroxyl groups excluding tert-OH is 1. The summed E-state index contributed by atoms with van der Waals surface area (Å²) in [4.78, 5) is 0. The Hall–Kier alpha value is -0.720. The van der Waals surface area contributed by atoms with Crippen LogP contribution in [-0.2, 0) is 0 Å². The van der Waals surface area contributed by atoms with Gasteiger partial charge in [0.1, 0.15) is 0 Å². The molecule has 64 valence electrons. The molecule has 1 aromatic rings. The van der Waals surface area contributed by atoms with Gasteiger partial charge in [-0.25, -0.2) is 0 Å². The van der Waals surface area contributed by atoms with E-state index >= 15 is 0 Å². The zero-order chi connectivity index (χ0) is 8.97. The van der Waals surface area contributed by atoms with Gasteiger partial charge in [0.25, 0.3) is 0 Å². The second kappa shape index (κ2) is 4.34. The van der Waals surface area contributed by atoms with E-state index < -0.39 is 6.10 Å². The summed E-state index contributed by atoms with van der Waals surface area (Å²) < 4.78 is 5.55. The normalized spacial score (nSPS) is 11.9. The first-order chi connectivity index (χ1) is 5.75. The van der Waals surface area contributed by atoms with E-state index in [1.54, 1.807) is 13.0 Å². The molecule has 1 atom stereocenters. The molecule has 0 bridgehead atoms. The number of hydrogen-bond acceptors (Lipinski definition) is 2. The summed E-state index contributed by atoms with van der Waals surface area (Å²) in [6.07, 6.45) is 1.40. The van der Waals surface area contributed by atoms with Crippen molar-refractivity contribution >= 4 is 15.9 Å². The minimum absolute atomic E-state index is 0.439. The Bertz CT molecular complexity index is 306. The van der Waals surface area contributed by atoms with E-state index in [-0.39, 0.29) is 0 Å². The van der Waals surface area contributed by atoms with E-state index in [1.165, 1.54) is 6.26 Å². The van der Waals surface area contributed by atoms with Gasteiger partial charge in [-0.15, -0.1) is 11.8 Å². The van der Waals surface area contributed by atoms with Gasteiger partial charge < -0.3 is 9.52 Å². The monoisotopic (exact) mass is 228 g/mol. The second-order valence-electron chi connectivity index (χ2n) is 2.30. The highest BCUT2D eigenvalue weighted by Gasteiger charge is 2.11. The van der Waals surface area contributed by atoms with E-state index in [0.29, 0.717) is 11.1 Å². The Balaban J connectivity index is 2.68. The lowest BCUT2D eigenvalue weighted by atomic mass is 10.1. The maximum absolute atomic E-state index is 9.53. The van der Waals surface area contributed by atoms with Gasteiger partial charge in [-0.05, 0) is 28.9 Å². The third-order valence-electron chi connectivity index (χ3n) is 1.48. The largest absolute Gasteiger partial charge is 0.457 e. The Labute approximate surface area is 79.7 Å². The molecular weight excluding hydrogens is 220 g/mol. The van der Waals surface area contributed by atoms with Crippen LogP contribution in [0.1, 0.15) is 25.0 Å². The first-order valence-electron chi connectivity index (χ1n) is 3.56. The van der Waals surface area contributed by atoms with Crippen LogP contribution in [0.25, 0.3) is 0 Å². The number of furan rings is 1. The van der Waals surface area contributed by atoms with Gasteiger partial charge in [0.2, 0.25) is 0 Å². The number of rotatable bonds is 2. The lowest BCUT2D eigenvalue weighted by Crippen LogP contribution is -1.94. The Morgan fingerprint density at radius 3 is 3.00 bits per heavy atom. The molecule has 0 aliphatic heterocycles. The van der Waals surface area contributed by atoms with Gasteiger partial charge in [0.15, 0.2) is 4.67 Å². The highest BCUT2D eigenvalue weighted by Crippen LogP contribution is 2.25. The molecule has 0 aliphatic rings. The van der Waals surface area contributed by atoms with Crippen LogP contribution in [0.4, 0.5) is 0 Å². The quantitative estimate of drug-likeness (QED) is 0.790. The summed E-state index contributed by atoms with van der Waals surface area (Å²) in [7, 11) is 0. The van der Waals surface area contributed by atoms with Crippen LogP contribution in [0.15, 0.2) is 21.4 Å². The zero-order valence-corrected chi connectivity index (χ0v) is 8.26. The molecule has 1 unspecified atom stereocenters.